The molecule has 15 heavy (non-hydrogen) atoms. The van der Waals surface area contributed by atoms with Gasteiger partial charge in [0.25, 0.3) is 0 Å². The van der Waals surface area contributed by atoms with E-state index in [4.69, 9.17) is 5.11 Å². The van der Waals surface area contributed by atoms with Gasteiger partial charge in [-0.05, 0) is 25.5 Å². The molecule has 0 aromatic carbocycles. The highest BCUT2D eigenvalue weighted by molar-refractivity contribution is 7.13. The zero-order valence-electron chi connectivity index (χ0n) is 9.12. The van der Waals surface area contributed by atoms with E-state index in [-0.39, 0.29) is 0 Å². The van der Waals surface area contributed by atoms with E-state index in [0.29, 0.717) is 10.9 Å². The number of thiophene rings is 1. The van der Waals surface area contributed by atoms with Crippen molar-refractivity contribution < 1.29 is 9.90 Å². The highest BCUT2D eigenvalue weighted by Crippen LogP contribution is 2.16. The topological polar surface area (TPSA) is 49.3 Å². The third kappa shape index (κ3) is 4.01. The lowest BCUT2D eigenvalue weighted by molar-refractivity contribution is 0.0702. The van der Waals surface area contributed by atoms with E-state index in [0.717, 1.165) is 17.8 Å². The standard InChI is InChI=1S/C11H17NO2S/c1-3-4-8(2)12-7-9-5-6-10(15-9)11(13)14/h5-6,8,12H,3-4,7H2,1-2H3,(H,13,14). The number of carbonyl (C=O) groups is 1. The fourth-order valence-electron chi connectivity index (χ4n) is 1.40. The molecule has 1 heterocycles. The van der Waals surface area contributed by atoms with Crippen molar-refractivity contribution >= 4 is 17.3 Å². The van der Waals surface area contributed by atoms with Crippen LogP contribution < -0.4 is 5.32 Å². The lowest BCUT2D eigenvalue weighted by Gasteiger charge is -2.10. The first kappa shape index (κ1) is 12.2. The number of carboxylic acids is 1. The molecule has 1 unspecified atom stereocenters. The minimum Gasteiger partial charge on any atom is -0.477 e. The summed E-state index contributed by atoms with van der Waals surface area (Å²) in [6.07, 6.45) is 2.32. The Morgan fingerprint density at radius 2 is 2.33 bits per heavy atom. The van der Waals surface area contributed by atoms with Crippen molar-refractivity contribution in [1.29, 1.82) is 0 Å². The van der Waals surface area contributed by atoms with Crippen LogP contribution in [-0.2, 0) is 6.54 Å². The first-order chi connectivity index (χ1) is 7.13. The van der Waals surface area contributed by atoms with E-state index in [2.05, 4.69) is 19.2 Å². The monoisotopic (exact) mass is 227 g/mol. The van der Waals surface area contributed by atoms with Crippen molar-refractivity contribution in [2.75, 3.05) is 0 Å². The van der Waals surface area contributed by atoms with Crippen LogP contribution in [0.5, 0.6) is 0 Å². The molecular weight excluding hydrogens is 210 g/mol. The van der Waals surface area contributed by atoms with Gasteiger partial charge in [-0.3, -0.25) is 0 Å². The van der Waals surface area contributed by atoms with E-state index in [1.54, 1.807) is 6.07 Å². The minimum absolute atomic E-state index is 0.412. The van der Waals surface area contributed by atoms with Crippen molar-refractivity contribution in [3.63, 3.8) is 0 Å². The molecule has 3 nitrogen and oxygen atoms in total. The predicted molar refractivity (Wildman–Crippen MR) is 62.5 cm³/mol. The van der Waals surface area contributed by atoms with Gasteiger partial charge < -0.3 is 10.4 Å². The van der Waals surface area contributed by atoms with Crippen LogP contribution in [0.4, 0.5) is 0 Å². The summed E-state index contributed by atoms with van der Waals surface area (Å²) in [6.45, 7) is 5.07. The summed E-state index contributed by atoms with van der Waals surface area (Å²) in [5, 5.41) is 12.1. The molecule has 1 rings (SSSR count). The van der Waals surface area contributed by atoms with Gasteiger partial charge in [0.1, 0.15) is 4.88 Å². The predicted octanol–water partition coefficient (Wildman–Crippen LogP) is 2.72. The normalized spacial score (nSPS) is 12.7. The third-order valence-corrected chi connectivity index (χ3v) is 3.29. The van der Waals surface area contributed by atoms with Gasteiger partial charge in [-0.2, -0.15) is 0 Å². The quantitative estimate of drug-likeness (QED) is 0.785. The van der Waals surface area contributed by atoms with Gasteiger partial charge in [-0.25, -0.2) is 4.79 Å². The second-order valence-corrected chi connectivity index (χ2v) is 4.81. The molecule has 0 saturated heterocycles. The molecular formula is C11H17NO2S. The van der Waals surface area contributed by atoms with Crippen molar-refractivity contribution in [3.05, 3.63) is 21.9 Å². The lowest BCUT2D eigenvalue weighted by atomic mass is 10.2. The number of nitrogens with one attached hydrogen (secondary N) is 1. The fraction of sp³-hybridized carbons (Fsp3) is 0.545. The highest BCUT2D eigenvalue weighted by atomic mass is 32.1. The fourth-order valence-corrected chi connectivity index (χ4v) is 2.20. The lowest BCUT2D eigenvalue weighted by Crippen LogP contribution is -2.24. The molecule has 1 aromatic rings. The average molecular weight is 227 g/mol. The first-order valence-electron chi connectivity index (χ1n) is 5.19. The molecule has 0 aliphatic rings. The maximum atomic E-state index is 10.6. The van der Waals surface area contributed by atoms with Crippen molar-refractivity contribution in [3.8, 4) is 0 Å². The number of aromatic carboxylic acids is 1. The van der Waals surface area contributed by atoms with Gasteiger partial charge in [-0.1, -0.05) is 13.3 Å². The molecule has 84 valence electrons. The minimum atomic E-state index is -0.840. The molecule has 0 aliphatic heterocycles. The average Bonchev–Trinajstić information content (AvgIpc) is 2.63. The van der Waals surface area contributed by atoms with Crippen LogP contribution in [0, 0.1) is 0 Å². The molecule has 0 saturated carbocycles. The van der Waals surface area contributed by atoms with Gasteiger partial charge in [0.2, 0.25) is 0 Å². The Morgan fingerprint density at radius 1 is 1.60 bits per heavy atom. The van der Waals surface area contributed by atoms with Gasteiger partial charge in [0, 0.05) is 17.5 Å². The number of carboxylic acid groups (broad SMARTS) is 1. The van der Waals surface area contributed by atoms with Crippen LogP contribution in [0.15, 0.2) is 12.1 Å². The van der Waals surface area contributed by atoms with Crippen LogP contribution in [0.2, 0.25) is 0 Å². The number of rotatable bonds is 6. The Kier molecular flexibility index (Phi) is 4.78. The van der Waals surface area contributed by atoms with Crippen molar-refractivity contribution in [2.24, 2.45) is 0 Å². The molecule has 1 aromatic heterocycles. The van der Waals surface area contributed by atoms with E-state index in [1.807, 2.05) is 6.07 Å². The Bertz CT molecular complexity index is 322. The largest absolute Gasteiger partial charge is 0.477 e. The van der Waals surface area contributed by atoms with E-state index < -0.39 is 5.97 Å². The molecule has 2 N–H and O–H groups in total. The summed E-state index contributed by atoms with van der Waals surface area (Å²) in [5.41, 5.74) is 0. The molecule has 0 fully saturated rings. The Balaban J connectivity index is 2.40. The van der Waals surface area contributed by atoms with Gasteiger partial charge in [0.15, 0.2) is 0 Å². The Morgan fingerprint density at radius 3 is 2.87 bits per heavy atom. The van der Waals surface area contributed by atoms with Crippen LogP contribution in [-0.4, -0.2) is 17.1 Å². The van der Waals surface area contributed by atoms with E-state index >= 15 is 0 Å². The van der Waals surface area contributed by atoms with Gasteiger partial charge >= 0.3 is 5.97 Å². The van der Waals surface area contributed by atoms with Crippen LogP contribution in [0.3, 0.4) is 0 Å². The summed E-state index contributed by atoms with van der Waals surface area (Å²) < 4.78 is 0. The van der Waals surface area contributed by atoms with Gasteiger partial charge in [0.05, 0.1) is 0 Å². The summed E-state index contributed by atoms with van der Waals surface area (Å²) in [4.78, 5) is 12.1. The maximum absolute atomic E-state index is 10.6. The number of hydrogen-bond donors (Lipinski definition) is 2. The van der Waals surface area contributed by atoms with Crippen molar-refractivity contribution in [1.82, 2.24) is 5.32 Å². The molecule has 0 aliphatic carbocycles. The van der Waals surface area contributed by atoms with Crippen molar-refractivity contribution in [2.45, 2.75) is 39.3 Å². The first-order valence-corrected chi connectivity index (χ1v) is 6.00. The molecule has 4 heteroatoms. The second kappa shape index (κ2) is 5.88. The molecule has 1 atom stereocenters. The van der Waals surface area contributed by atoms with Crippen LogP contribution >= 0.6 is 11.3 Å². The highest BCUT2D eigenvalue weighted by Gasteiger charge is 2.07. The zero-order valence-corrected chi connectivity index (χ0v) is 9.93. The summed E-state index contributed by atoms with van der Waals surface area (Å²) in [7, 11) is 0. The summed E-state index contributed by atoms with van der Waals surface area (Å²) in [6, 6.07) is 4.03. The molecule has 0 bridgehead atoms. The molecule has 0 spiro atoms. The summed E-state index contributed by atoms with van der Waals surface area (Å²) in [5.74, 6) is -0.840. The molecule has 0 amide bonds. The summed E-state index contributed by atoms with van der Waals surface area (Å²) >= 11 is 1.34. The zero-order chi connectivity index (χ0) is 11.3. The van der Waals surface area contributed by atoms with Crippen LogP contribution in [0.1, 0.15) is 41.2 Å². The molecule has 0 radical (unpaired) electrons. The van der Waals surface area contributed by atoms with E-state index in [1.165, 1.54) is 17.8 Å². The SMILES string of the molecule is CCCC(C)NCc1ccc(C(=O)O)s1. The number of hydrogen-bond acceptors (Lipinski definition) is 3. The smallest absolute Gasteiger partial charge is 0.345 e. The van der Waals surface area contributed by atoms with E-state index in [9.17, 15) is 4.79 Å². The van der Waals surface area contributed by atoms with Gasteiger partial charge in [-0.15, -0.1) is 11.3 Å². The Hall–Kier alpha value is -0.870. The van der Waals surface area contributed by atoms with Crippen LogP contribution in [0.25, 0.3) is 0 Å². The maximum Gasteiger partial charge on any atom is 0.345 e. The second-order valence-electron chi connectivity index (χ2n) is 3.64. The third-order valence-electron chi connectivity index (χ3n) is 2.22. The Labute approximate surface area is 94.1 Å².